The number of methoxy groups -OCH3 is 1. The first-order valence-electron chi connectivity index (χ1n) is 6.14. The topological polar surface area (TPSA) is 60.5 Å². The molecule has 0 unspecified atom stereocenters. The van der Waals surface area contributed by atoms with Crippen molar-refractivity contribution in [3.63, 3.8) is 0 Å². The van der Waals surface area contributed by atoms with Crippen molar-refractivity contribution in [1.29, 1.82) is 0 Å². The van der Waals surface area contributed by atoms with Crippen molar-refractivity contribution in [2.24, 2.45) is 0 Å². The highest BCUT2D eigenvalue weighted by atomic mass is 32.1. The summed E-state index contributed by atoms with van der Waals surface area (Å²) in [5.74, 6) is 1.10. The first-order chi connectivity index (χ1) is 9.51. The highest BCUT2D eigenvalue weighted by Crippen LogP contribution is 2.39. The van der Waals surface area contributed by atoms with Crippen LogP contribution in [0.3, 0.4) is 0 Å². The van der Waals surface area contributed by atoms with E-state index >= 15 is 0 Å². The monoisotopic (exact) mass is 290 g/mol. The number of nitrogens with one attached hydrogen (secondary N) is 1. The first kappa shape index (κ1) is 12.9. The van der Waals surface area contributed by atoms with Crippen molar-refractivity contribution in [2.45, 2.75) is 19.4 Å². The fraction of sp³-hybridized carbons (Fsp3) is 0.286. The van der Waals surface area contributed by atoms with Gasteiger partial charge in [-0.2, -0.15) is 4.37 Å². The minimum Gasteiger partial charge on any atom is -0.480 e. The first-order valence-corrected chi connectivity index (χ1v) is 6.98. The molecule has 1 aromatic carbocycles. The predicted molar refractivity (Wildman–Crippen MR) is 77.4 cm³/mol. The van der Waals surface area contributed by atoms with Gasteiger partial charge in [-0.05, 0) is 43.1 Å². The van der Waals surface area contributed by atoms with Gasteiger partial charge in [0.25, 0.3) is 5.91 Å². The van der Waals surface area contributed by atoms with Gasteiger partial charge in [-0.1, -0.05) is 6.07 Å². The second kappa shape index (κ2) is 4.49. The van der Waals surface area contributed by atoms with E-state index < -0.39 is 5.60 Å². The van der Waals surface area contributed by atoms with Gasteiger partial charge in [0, 0.05) is 5.38 Å². The number of carbonyl (C=O) groups is 1. The number of nitrogens with zero attached hydrogens (tertiary/aromatic N) is 1. The maximum atomic E-state index is 11.8. The van der Waals surface area contributed by atoms with Gasteiger partial charge in [-0.15, -0.1) is 0 Å². The summed E-state index contributed by atoms with van der Waals surface area (Å²) in [6, 6.07) is 5.63. The summed E-state index contributed by atoms with van der Waals surface area (Å²) < 4.78 is 15.2. The van der Waals surface area contributed by atoms with Crippen LogP contribution in [0.15, 0.2) is 23.6 Å². The highest BCUT2D eigenvalue weighted by molar-refractivity contribution is 7.04. The van der Waals surface area contributed by atoms with Crippen molar-refractivity contribution in [2.75, 3.05) is 12.4 Å². The summed E-state index contributed by atoms with van der Waals surface area (Å²) in [4.78, 5) is 11.8. The van der Waals surface area contributed by atoms with Crippen LogP contribution in [0.5, 0.6) is 11.6 Å². The van der Waals surface area contributed by atoms with Gasteiger partial charge in [-0.25, -0.2) is 0 Å². The molecule has 1 aromatic heterocycles. The molecular formula is C14H14N2O3S. The molecule has 20 heavy (non-hydrogen) atoms. The lowest BCUT2D eigenvalue weighted by molar-refractivity contribution is -0.129. The smallest absolute Gasteiger partial charge is 0.268 e. The van der Waals surface area contributed by atoms with Crippen LogP contribution < -0.4 is 14.8 Å². The third-order valence-corrected chi connectivity index (χ3v) is 3.80. The number of carbonyl (C=O) groups excluding carboxylic acids is 1. The van der Waals surface area contributed by atoms with E-state index in [4.69, 9.17) is 9.47 Å². The average Bonchev–Trinajstić information content (AvgIpc) is 2.87. The zero-order valence-electron chi connectivity index (χ0n) is 11.4. The van der Waals surface area contributed by atoms with Crippen molar-refractivity contribution in [3.8, 4) is 22.8 Å². The van der Waals surface area contributed by atoms with E-state index in [-0.39, 0.29) is 5.91 Å². The van der Waals surface area contributed by atoms with E-state index in [1.165, 1.54) is 11.5 Å². The molecule has 0 fully saturated rings. The Morgan fingerprint density at radius 1 is 1.40 bits per heavy atom. The van der Waals surface area contributed by atoms with Gasteiger partial charge in [-0.3, -0.25) is 4.79 Å². The molecule has 0 radical (unpaired) electrons. The normalized spacial score (nSPS) is 16.1. The van der Waals surface area contributed by atoms with E-state index in [0.717, 1.165) is 11.1 Å². The minimum absolute atomic E-state index is 0.146. The van der Waals surface area contributed by atoms with E-state index in [9.17, 15) is 4.79 Å². The third kappa shape index (κ3) is 2.02. The van der Waals surface area contributed by atoms with Crippen LogP contribution in [0.2, 0.25) is 0 Å². The zero-order valence-corrected chi connectivity index (χ0v) is 12.2. The molecule has 1 aliphatic heterocycles. The van der Waals surface area contributed by atoms with Crippen molar-refractivity contribution in [1.82, 2.24) is 4.37 Å². The number of benzene rings is 1. The minimum atomic E-state index is -0.872. The standard InChI is InChI=1S/C14H14N2O3S/c1-14(2)13(17)15-10-5-4-8(6-11(10)19-14)9-7-20-16-12(9)18-3/h4-7H,1-3H3,(H,15,17). The summed E-state index contributed by atoms with van der Waals surface area (Å²) in [7, 11) is 1.59. The van der Waals surface area contributed by atoms with E-state index in [1.54, 1.807) is 21.0 Å². The van der Waals surface area contributed by atoms with Gasteiger partial charge >= 0.3 is 0 Å². The van der Waals surface area contributed by atoms with Crippen molar-refractivity contribution < 1.29 is 14.3 Å². The maximum absolute atomic E-state index is 11.8. The van der Waals surface area contributed by atoms with Gasteiger partial charge < -0.3 is 14.8 Å². The number of amides is 1. The Bertz CT molecular complexity index is 679. The Morgan fingerprint density at radius 3 is 2.95 bits per heavy atom. The summed E-state index contributed by atoms with van der Waals surface area (Å²) in [5.41, 5.74) is 1.67. The fourth-order valence-electron chi connectivity index (χ4n) is 2.04. The van der Waals surface area contributed by atoms with Crippen molar-refractivity contribution in [3.05, 3.63) is 23.6 Å². The van der Waals surface area contributed by atoms with Crippen LogP contribution in [0.1, 0.15) is 13.8 Å². The van der Waals surface area contributed by atoms with Crippen LogP contribution >= 0.6 is 11.5 Å². The zero-order chi connectivity index (χ0) is 14.3. The van der Waals surface area contributed by atoms with E-state index in [2.05, 4.69) is 9.69 Å². The lowest BCUT2D eigenvalue weighted by Crippen LogP contribution is -2.45. The fourth-order valence-corrected chi connectivity index (χ4v) is 2.70. The number of ether oxygens (including phenoxy) is 2. The summed E-state index contributed by atoms with van der Waals surface area (Å²) in [6.45, 7) is 3.48. The summed E-state index contributed by atoms with van der Waals surface area (Å²) in [6.07, 6.45) is 0. The molecule has 6 heteroatoms. The number of fused-ring (bicyclic) bond motifs is 1. The number of rotatable bonds is 2. The molecule has 3 rings (SSSR count). The molecule has 0 saturated heterocycles. The Kier molecular flexibility index (Phi) is 2.90. The second-order valence-corrected chi connectivity index (χ2v) is 5.64. The Labute approximate surface area is 120 Å². The highest BCUT2D eigenvalue weighted by Gasteiger charge is 2.35. The molecule has 2 heterocycles. The lowest BCUT2D eigenvalue weighted by atomic mass is 10.0. The van der Waals surface area contributed by atoms with Gasteiger partial charge in [0.15, 0.2) is 5.60 Å². The lowest BCUT2D eigenvalue weighted by Gasteiger charge is -2.31. The molecule has 0 atom stereocenters. The third-order valence-electron chi connectivity index (χ3n) is 3.18. The Balaban J connectivity index is 2.04. The van der Waals surface area contributed by atoms with Crippen LogP contribution in [0.4, 0.5) is 5.69 Å². The van der Waals surface area contributed by atoms with Crippen LogP contribution in [-0.4, -0.2) is 23.0 Å². The molecule has 1 aliphatic rings. The molecule has 2 aromatic rings. The molecule has 104 valence electrons. The average molecular weight is 290 g/mol. The van der Waals surface area contributed by atoms with Gasteiger partial charge in [0.1, 0.15) is 5.75 Å². The molecule has 0 spiro atoms. The molecule has 1 amide bonds. The Hall–Kier alpha value is -2.08. The quantitative estimate of drug-likeness (QED) is 0.923. The largest absolute Gasteiger partial charge is 0.480 e. The van der Waals surface area contributed by atoms with E-state index in [1.807, 2.05) is 23.6 Å². The second-order valence-electron chi connectivity index (χ2n) is 5.01. The number of hydrogen-bond acceptors (Lipinski definition) is 5. The Morgan fingerprint density at radius 2 is 2.20 bits per heavy atom. The van der Waals surface area contributed by atoms with Gasteiger partial charge in [0.05, 0.1) is 18.4 Å². The van der Waals surface area contributed by atoms with Crippen LogP contribution in [0.25, 0.3) is 11.1 Å². The number of hydrogen-bond donors (Lipinski definition) is 1. The molecule has 0 aliphatic carbocycles. The maximum Gasteiger partial charge on any atom is 0.268 e. The molecule has 0 saturated carbocycles. The molecule has 5 nitrogen and oxygen atoms in total. The van der Waals surface area contributed by atoms with Gasteiger partial charge in [0.2, 0.25) is 5.88 Å². The summed E-state index contributed by atoms with van der Waals surface area (Å²) >= 11 is 1.34. The van der Waals surface area contributed by atoms with Crippen molar-refractivity contribution >= 4 is 23.1 Å². The van der Waals surface area contributed by atoms with E-state index in [0.29, 0.717) is 17.3 Å². The molecule has 0 bridgehead atoms. The molecule has 1 N–H and O–H groups in total. The SMILES string of the molecule is COc1nscc1-c1ccc2c(c1)OC(C)(C)C(=O)N2. The van der Waals surface area contributed by atoms with Crippen LogP contribution in [0, 0.1) is 0 Å². The number of anilines is 1. The summed E-state index contributed by atoms with van der Waals surface area (Å²) in [5, 5.41) is 4.77. The van der Waals surface area contributed by atoms with Crippen LogP contribution in [-0.2, 0) is 4.79 Å². The predicted octanol–water partition coefficient (Wildman–Crippen LogP) is 2.93. The molecular weight excluding hydrogens is 276 g/mol. The number of aromatic nitrogens is 1.